The highest BCUT2D eigenvalue weighted by molar-refractivity contribution is 5.82. The predicted octanol–water partition coefficient (Wildman–Crippen LogP) is 2.79. The summed E-state index contributed by atoms with van der Waals surface area (Å²) in [6.45, 7) is 9.16. The fourth-order valence-corrected chi connectivity index (χ4v) is 4.70. The van der Waals surface area contributed by atoms with E-state index in [1.807, 2.05) is 11.6 Å². The summed E-state index contributed by atoms with van der Waals surface area (Å²) in [7, 11) is 0. The van der Waals surface area contributed by atoms with Crippen molar-refractivity contribution in [1.29, 1.82) is 0 Å². The van der Waals surface area contributed by atoms with Crippen LogP contribution in [0.15, 0.2) is 18.2 Å². The minimum atomic E-state index is -0.245. The van der Waals surface area contributed by atoms with Crippen LogP contribution in [0.4, 0.5) is 0 Å². The second-order valence-corrected chi connectivity index (χ2v) is 8.14. The molecule has 1 aliphatic carbocycles. The van der Waals surface area contributed by atoms with E-state index in [2.05, 4.69) is 60.2 Å². The molecule has 0 radical (unpaired) electrons. The lowest BCUT2D eigenvalue weighted by Gasteiger charge is -2.18. The fourth-order valence-electron chi connectivity index (χ4n) is 4.70. The van der Waals surface area contributed by atoms with Gasteiger partial charge in [0.2, 0.25) is 5.91 Å². The molecule has 2 aliphatic rings. The molecular formula is C22H31N5O. The van der Waals surface area contributed by atoms with Gasteiger partial charge in [-0.05, 0) is 70.1 Å². The van der Waals surface area contributed by atoms with E-state index in [4.69, 9.17) is 0 Å². The Balaban J connectivity index is 1.40. The summed E-state index contributed by atoms with van der Waals surface area (Å²) in [6.07, 6.45) is 4.30. The normalized spacial score (nSPS) is 22.3. The molecule has 3 unspecified atom stereocenters. The molecule has 1 amide bonds. The highest BCUT2D eigenvalue weighted by atomic mass is 16.2. The first-order valence-corrected chi connectivity index (χ1v) is 10.4. The molecule has 1 aliphatic heterocycles. The lowest BCUT2D eigenvalue weighted by molar-refractivity contribution is -0.123. The van der Waals surface area contributed by atoms with E-state index in [1.165, 1.54) is 40.8 Å². The van der Waals surface area contributed by atoms with Crippen LogP contribution in [0, 0.1) is 13.8 Å². The summed E-state index contributed by atoms with van der Waals surface area (Å²) in [4.78, 5) is 12.8. The Hall–Kier alpha value is -2.18. The van der Waals surface area contributed by atoms with Crippen molar-refractivity contribution >= 4 is 5.91 Å². The van der Waals surface area contributed by atoms with Crippen LogP contribution >= 0.6 is 0 Å². The quantitative estimate of drug-likeness (QED) is 0.745. The number of rotatable bonds is 5. The first-order chi connectivity index (χ1) is 13.5. The molecule has 1 saturated heterocycles. The van der Waals surface area contributed by atoms with Crippen LogP contribution in [0.3, 0.4) is 0 Å². The zero-order chi connectivity index (χ0) is 19.8. The smallest absolute Gasteiger partial charge is 0.239 e. The summed E-state index contributed by atoms with van der Waals surface area (Å²) in [5.41, 5.74) is 14.0. The minimum absolute atomic E-state index is 0.00515. The molecule has 28 heavy (non-hydrogen) atoms. The molecule has 1 fully saturated rings. The standard InChI is InChI=1S/C22H31N5O/c1-5-27-15(4)21(14(3)26-27)19-12-20(25-24-19)22(28)23-13(2)17-10-9-16-7-6-8-18(16)11-17/h9-11,13,19-20,24-25H,5-8,12H2,1-4H3,(H,23,28). The average molecular weight is 382 g/mol. The van der Waals surface area contributed by atoms with Gasteiger partial charge in [0.05, 0.1) is 17.8 Å². The third-order valence-electron chi connectivity index (χ3n) is 6.29. The zero-order valence-electron chi connectivity index (χ0n) is 17.3. The summed E-state index contributed by atoms with van der Waals surface area (Å²) >= 11 is 0. The molecule has 1 aromatic heterocycles. The maximum absolute atomic E-state index is 12.8. The van der Waals surface area contributed by atoms with Gasteiger partial charge in [0, 0.05) is 17.8 Å². The second-order valence-electron chi connectivity index (χ2n) is 8.14. The zero-order valence-corrected chi connectivity index (χ0v) is 17.3. The molecule has 0 spiro atoms. The van der Waals surface area contributed by atoms with Crippen molar-refractivity contribution in [1.82, 2.24) is 25.9 Å². The number of nitrogens with one attached hydrogen (secondary N) is 3. The Morgan fingerprint density at radius 2 is 2.07 bits per heavy atom. The number of benzene rings is 1. The number of aromatic nitrogens is 2. The molecule has 1 aromatic carbocycles. The molecular weight excluding hydrogens is 350 g/mol. The monoisotopic (exact) mass is 381 g/mol. The van der Waals surface area contributed by atoms with E-state index in [9.17, 15) is 4.79 Å². The molecule has 6 nitrogen and oxygen atoms in total. The van der Waals surface area contributed by atoms with Gasteiger partial charge in [-0.1, -0.05) is 18.2 Å². The van der Waals surface area contributed by atoms with E-state index in [0.717, 1.165) is 25.1 Å². The molecule has 3 atom stereocenters. The van der Waals surface area contributed by atoms with Gasteiger partial charge >= 0.3 is 0 Å². The summed E-state index contributed by atoms with van der Waals surface area (Å²) < 4.78 is 2.02. The van der Waals surface area contributed by atoms with Gasteiger partial charge < -0.3 is 5.32 Å². The van der Waals surface area contributed by atoms with Gasteiger partial charge in [0.1, 0.15) is 6.04 Å². The molecule has 3 N–H and O–H groups in total. The van der Waals surface area contributed by atoms with Crippen LogP contribution in [-0.2, 0) is 24.2 Å². The van der Waals surface area contributed by atoms with Crippen LogP contribution in [0.1, 0.15) is 72.4 Å². The van der Waals surface area contributed by atoms with E-state index in [-0.39, 0.29) is 24.0 Å². The number of hydrazine groups is 1. The van der Waals surface area contributed by atoms with Gasteiger partial charge in [-0.15, -0.1) is 0 Å². The van der Waals surface area contributed by atoms with Crippen molar-refractivity contribution in [2.75, 3.05) is 0 Å². The Morgan fingerprint density at radius 1 is 1.29 bits per heavy atom. The fraction of sp³-hybridized carbons (Fsp3) is 0.545. The predicted molar refractivity (Wildman–Crippen MR) is 110 cm³/mol. The molecule has 2 heterocycles. The number of nitrogens with zero attached hydrogens (tertiary/aromatic N) is 2. The highest BCUT2D eigenvalue weighted by Gasteiger charge is 2.33. The lowest BCUT2D eigenvalue weighted by Crippen LogP contribution is -2.43. The maximum atomic E-state index is 12.8. The van der Waals surface area contributed by atoms with Gasteiger partial charge in [0.15, 0.2) is 0 Å². The molecule has 150 valence electrons. The lowest BCUT2D eigenvalue weighted by atomic mass is 9.99. The number of hydrogen-bond donors (Lipinski definition) is 3. The average Bonchev–Trinajstić information content (AvgIpc) is 3.39. The summed E-state index contributed by atoms with van der Waals surface area (Å²) in [5.74, 6) is 0.0428. The van der Waals surface area contributed by atoms with E-state index < -0.39 is 0 Å². The maximum Gasteiger partial charge on any atom is 0.239 e. The Labute approximate surface area is 167 Å². The van der Waals surface area contributed by atoms with Crippen molar-refractivity contribution in [2.45, 2.75) is 78.0 Å². The van der Waals surface area contributed by atoms with E-state index >= 15 is 0 Å². The van der Waals surface area contributed by atoms with Crippen molar-refractivity contribution in [3.63, 3.8) is 0 Å². The topological polar surface area (TPSA) is 71.0 Å². The number of carbonyl (C=O) groups is 1. The van der Waals surface area contributed by atoms with E-state index in [1.54, 1.807) is 0 Å². The molecule has 6 heteroatoms. The third-order valence-corrected chi connectivity index (χ3v) is 6.29. The van der Waals surface area contributed by atoms with Crippen molar-refractivity contribution < 1.29 is 4.79 Å². The second kappa shape index (κ2) is 7.68. The SMILES string of the molecule is CCn1nc(C)c(C2CC(C(=O)NC(C)c3ccc4c(c3)CCC4)NN2)c1C. The summed E-state index contributed by atoms with van der Waals surface area (Å²) in [6, 6.07) is 6.51. The molecule has 0 saturated carbocycles. The molecule has 2 aromatic rings. The van der Waals surface area contributed by atoms with Gasteiger partial charge in [0.25, 0.3) is 0 Å². The van der Waals surface area contributed by atoms with Gasteiger partial charge in [-0.3, -0.25) is 9.48 Å². The van der Waals surface area contributed by atoms with Crippen LogP contribution < -0.4 is 16.2 Å². The van der Waals surface area contributed by atoms with Crippen LogP contribution in [0.2, 0.25) is 0 Å². The highest BCUT2D eigenvalue weighted by Crippen LogP contribution is 2.29. The first kappa shape index (κ1) is 19.2. The van der Waals surface area contributed by atoms with Gasteiger partial charge in [-0.25, -0.2) is 10.9 Å². The summed E-state index contributed by atoms with van der Waals surface area (Å²) in [5, 5.41) is 7.79. The number of hydrogen-bond acceptors (Lipinski definition) is 4. The van der Waals surface area contributed by atoms with Crippen LogP contribution in [0.5, 0.6) is 0 Å². The number of carbonyl (C=O) groups excluding carboxylic acids is 1. The Morgan fingerprint density at radius 3 is 2.82 bits per heavy atom. The van der Waals surface area contributed by atoms with Crippen molar-refractivity contribution in [2.24, 2.45) is 0 Å². The number of aryl methyl sites for hydroxylation is 4. The Bertz CT molecular complexity index is 887. The minimum Gasteiger partial charge on any atom is -0.348 e. The number of amides is 1. The molecule has 4 rings (SSSR count). The largest absolute Gasteiger partial charge is 0.348 e. The number of fused-ring (bicyclic) bond motifs is 1. The Kier molecular flexibility index (Phi) is 5.25. The third kappa shape index (κ3) is 3.47. The van der Waals surface area contributed by atoms with Crippen LogP contribution in [0.25, 0.3) is 0 Å². The van der Waals surface area contributed by atoms with Gasteiger partial charge in [-0.2, -0.15) is 5.10 Å². The van der Waals surface area contributed by atoms with Crippen LogP contribution in [-0.4, -0.2) is 21.7 Å². The van der Waals surface area contributed by atoms with Crippen molar-refractivity contribution in [3.05, 3.63) is 51.8 Å². The first-order valence-electron chi connectivity index (χ1n) is 10.4. The van der Waals surface area contributed by atoms with E-state index in [0.29, 0.717) is 0 Å². The van der Waals surface area contributed by atoms with Crippen molar-refractivity contribution in [3.8, 4) is 0 Å². The molecule has 0 bridgehead atoms.